The highest BCUT2D eigenvalue weighted by atomic mass is 35.5. The minimum atomic E-state index is -4.57. The summed E-state index contributed by atoms with van der Waals surface area (Å²) in [6, 6.07) is 9.89. The van der Waals surface area contributed by atoms with Gasteiger partial charge < -0.3 is 30.7 Å². The molecule has 3 aromatic rings. The zero-order chi connectivity index (χ0) is 28.2. The van der Waals surface area contributed by atoms with Crippen LogP contribution in [0.2, 0.25) is 5.02 Å². The van der Waals surface area contributed by atoms with Crippen molar-refractivity contribution in [3.63, 3.8) is 0 Å². The number of hydrogen-bond donors (Lipinski definition) is 4. The van der Waals surface area contributed by atoms with Crippen molar-refractivity contribution in [2.75, 3.05) is 6.54 Å². The molecule has 1 aromatic heterocycles. The van der Waals surface area contributed by atoms with E-state index >= 15 is 0 Å². The van der Waals surface area contributed by atoms with Crippen LogP contribution in [0.25, 0.3) is 0 Å². The number of aromatic nitrogens is 1. The zero-order valence-corrected chi connectivity index (χ0v) is 19.9. The molecule has 0 radical (unpaired) electrons. The van der Waals surface area contributed by atoms with E-state index in [2.05, 4.69) is 5.32 Å². The molecule has 200 valence electrons. The van der Waals surface area contributed by atoms with Crippen molar-refractivity contribution in [2.24, 2.45) is 0 Å². The monoisotopic (exact) mass is 552 g/mol. The second-order valence-corrected chi connectivity index (χ2v) is 8.24. The summed E-state index contributed by atoms with van der Waals surface area (Å²) in [5.41, 5.74) is -3.63. The van der Waals surface area contributed by atoms with Gasteiger partial charge in [0, 0.05) is 11.6 Å². The number of halogens is 4. The molecule has 4 N–H and O–H groups in total. The number of hydrogen-bond acceptors (Lipinski definition) is 7. The van der Waals surface area contributed by atoms with Gasteiger partial charge >= 0.3 is 6.18 Å². The number of aromatic hydroxyl groups is 2. The van der Waals surface area contributed by atoms with Gasteiger partial charge in [0.25, 0.3) is 17.4 Å². The first-order valence-electron chi connectivity index (χ1n) is 10.7. The van der Waals surface area contributed by atoms with Gasteiger partial charge in [-0.15, -0.1) is 0 Å². The van der Waals surface area contributed by atoms with Gasteiger partial charge in [0.15, 0.2) is 5.75 Å². The summed E-state index contributed by atoms with van der Waals surface area (Å²) in [6.45, 7) is -1.84. The Hall–Kier alpha value is -4.52. The Morgan fingerprint density at radius 2 is 1.55 bits per heavy atom. The van der Waals surface area contributed by atoms with Gasteiger partial charge in [-0.3, -0.25) is 19.0 Å². The summed E-state index contributed by atoms with van der Waals surface area (Å²) in [6.07, 6.45) is -4.57. The fourth-order valence-corrected chi connectivity index (χ4v) is 3.57. The molecule has 2 aromatic carbocycles. The van der Waals surface area contributed by atoms with Gasteiger partial charge in [0.2, 0.25) is 5.88 Å². The van der Waals surface area contributed by atoms with Crippen molar-refractivity contribution < 1.29 is 42.9 Å². The molecule has 0 unspecified atom stereocenters. The normalized spacial score (nSPS) is 11.2. The second kappa shape index (κ2) is 11.3. The predicted molar refractivity (Wildman–Crippen MR) is 125 cm³/mol. The number of nitrogens with one attached hydrogen (secondary N) is 2. The van der Waals surface area contributed by atoms with Crippen LogP contribution in [0.4, 0.5) is 13.2 Å². The fourth-order valence-electron chi connectivity index (χ4n) is 3.38. The summed E-state index contributed by atoms with van der Waals surface area (Å²) in [5.74, 6) is -6.57. The third kappa shape index (κ3) is 6.24. The lowest BCUT2D eigenvalue weighted by Crippen LogP contribution is -2.41. The summed E-state index contributed by atoms with van der Waals surface area (Å²) < 4.78 is 38.9. The number of carboxylic acids is 1. The smallest absolute Gasteiger partial charge is 0.416 e. The Labute approximate surface area is 216 Å². The van der Waals surface area contributed by atoms with E-state index in [1.807, 2.05) is 5.32 Å². The summed E-state index contributed by atoms with van der Waals surface area (Å²) >= 11 is 6.11. The fraction of sp³-hybridized carbons (Fsp3) is 0.167. The number of nitrogens with zero attached hydrogens (tertiary/aromatic N) is 1. The topological polar surface area (TPSA) is 161 Å². The van der Waals surface area contributed by atoms with Crippen LogP contribution in [-0.4, -0.2) is 39.1 Å². The zero-order valence-electron chi connectivity index (χ0n) is 19.1. The average Bonchev–Trinajstić information content (AvgIpc) is 2.85. The number of amides is 2. The maximum absolute atomic E-state index is 13.0. The molecule has 0 bridgehead atoms. The Bertz CT molecular complexity index is 1450. The van der Waals surface area contributed by atoms with Crippen LogP contribution in [0.5, 0.6) is 11.6 Å². The van der Waals surface area contributed by atoms with Gasteiger partial charge in [-0.05, 0) is 29.3 Å². The first kappa shape index (κ1) is 28.1. The first-order chi connectivity index (χ1) is 17.8. The number of benzene rings is 2. The molecule has 14 heteroatoms. The van der Waals surface area contributed by atoms with Gasteiger partial charge in [-0.1, -0.05) is 41.9 Å². The Balaban J connectivity index is 2.02. The Morgan fingerprint density at radius 3 is 2.13 bits per heavy atom. The van der Waals surface area contributed by atoms with Gasteiger partial charge in [-0.2, -0.15) is 13.2 Å². The van der Waals surface area contributed by atoms with Gasteiger partial charge in [0.1, 0.15) is 11.1 Å². The minimum Gasteiger partial charge on any atom is -0.548 e. The van der Waals surface area contributed by atoms with Crippen molar-refractivity contribution >= 4 is 29.4 Å². The molecule has 0 aliphatic carbocycles. The van der Waals surface area contributed by atoms with Crippen LogP contribution in [0, 0.1) is 0 Å². The average molecular weight is 553 g/mol. The van der Waals surface area contributed by atoms with E-state index in [1.54, 1.807) is 12.1 Å². The van der Waals surface area contributed by atoms with Crippen molar-refractivity contribution in [3.05, 3.63) is 91.7 Å². The number of alkyl halides is 3. The first-order valence-corrected chi connectivity index (χ1v) is 11.0. The van der Waals surface area contributed by atoms with Crippen LogP contribution in [0.15, 0.2) is 53.3 Å². The van der Waals surface area contributed by atoms with Crippen molar-refractivity contribution in [3.8, 4) is 11.6 Å². The molecule has 0 spiro atoms. The van der Waals surface area contributed by atoms with Crippen LogP contribution >= 0.6 is 11.6 Å². The maximum atomic E-state index is 13.0. The molecule has 1 heterocycles. The van der Waals surface area contributed by atoms with E-state index < -0.39 is 70.9 Å². The molecule has 10 nitrogen and oxygen atoms in total. The highest BCUT2D eigenvalue weighted by Gasteiger charge is 2.31. The number of carboxylic acid groups (broad SMARTS) is 1. The molecule has 0 aliphatic rings. The third-order valence-corrected chi connectivity index (χ3v) is 5.65. The molecule has 0 fully saturated rings. The summed E-state index contributed by atoms with van der Waals surface area (Å²) in [7, 11) is 0. The van der Waals surface area contributed by atoms with E-state index in [0.29, 0.717) is 4.57 Å². The molecule has 0 saturated heterocycles. The molecular weight excluding hydrogens is 535 g/mol. The molecule has 38 heavy (non-hydrogen) atoms. The number of aliphatic carboxylic acids is 1. The van der Waals surface area contributed by atoms with E-state index in [4.69, 9.17) is 11.6 Å². The minimum absolute atomic E-state index is 0.170. The Kier molecular flexibility index (Phi) is 8.31. The van der Waals surface area contributed by atoms with Gasteiger partial charge in [0.05, 0.1) is 24.6 Å². The lowest BCUT2D eigenvalue weighted by molar-refractivity contribution is -0.303. The van der Waals surface area contributed by atoms with E-state index in [1.165, 1.54) is 12.1 Å². The predicted octanol–water partition coefficient (Wildman–Crippen LogP) is 1.39. The molecule has 2 amide bonds. The molecule has 0 atom stereocenters. The van der Waals surface area contributed by atoms with E-state index in [9.17, 15) is 47.7 Å². The van der Waals surface area contributed by atoms with E-state index in [0.717, 1.165) is 24.3 Å². The number of carbonyl (C=O) groups excluding carboxylic acids is 3. The second-order valence-electron chi connectivity index (χ2n) is 7.84. The van der Waals surface area contributed by atoms with Crippen molar-refractivity contribution in [1.29, 1.82) is 0 Å². The number of carbonyl (C=O) groups is 3. The van der Waals surface area contributed by atoms with Crippen molar-refractivity contribution in [1.82, 2.24) is 15.2 Å². The van der Waals surface area contributed by atoms with Crippen LogP contribution in [0.1, 0.15) is 37.4 Å². The quantitative estimate of drug-likeness (QED) is 0.328. The third-order valence-electron chi connectivity index (χ3n) is 5.28. The SMILES string of the molecule is O=C([O-])CNC(=O)c1c(O)c(C(=O)NCc2ccc(C(F)(F)F)cc2)c(O)n(Cc2ccccc2Cl)c1=O. The standard InChI is InChI=1S/C24H19ClF3N3O7/c25-15-4-2-1-3-13(15)11-31-22(37)17(19(34)18(23(31)38)21(36)30-10-16(32)33)20(35)29-9-12-5-7-14(8-6-12)24(26,27)28/h1-8,34,37H,9-11H2,(H,29,35)(H,30,36)(H,32,33)/p-1. The molecular formula is C24H18ClF3N3O7-. The van der Waals surface area contributed by atoms with Gasteiger partial charge in [-0.25, -0.2) is 0 Å². The number of rotatable bonds is 8. The molecule has 0 saturated carbocycles. The number of pyridine rings is 1. The van der Waals surface area contributed by atoms with Crippen LogP contribution < -0.4 is 21.3 Å². The molecule has 3 rings (SSSR count). The molecule has 0 aliphatic heterocycles. The van der Waals surface area contributed by atoms with Crippen molar-refractivity contribution in [2.45, 2.75) is 19.3 Å². The largest absolute Gasteiger partial charge is 0.548 e. The Morgan fingerprint density at radius 1 is 0.947 bits per heavy atom. The van der Waals surface area contributed by atoms with Crippen LogP contribution in [-0.2, 0) is 24.1 Å². The van der Waals surface area contributed by atoms with E-state index in [-0.39, 0.29) is 22.7 Å². The summed E-state index contributed by atoms with van der Waals surface area (Å²) in [5, 5.41) is 36.4. The summed E-state index contributed by atoms with van der Waals surface area (Å²) in [4.78, 5) is 49.2. The lowest BCUT2D eigenvalue weighted by atomic mass is 10.1. The highest BCUT2D eigenvalue weighted by molar-refractivity contribution is 6.31. The lowest BCUT2D eigenvalue weighted by Gasteiger charge is -2.17. The highest BCUT2D eigenvalue weighted by Crippen LogP contribution is 2.31. The van der Waals surface area contributed by atoms with Crippen LogP contribution in [0.3, 0.4) is 0 Å². The maximum Gasteiger partial charge on any atom is 0.416 e.